The van der Waals surface area contributed by atoms with Crippen molar-refractivity contribution in [3.8, 4) is 0 Å². The molecule has 132 valence electrons. The summed E-state index contributed by atoms with van der Waals surface area (Å²) in [5.74, 6) is -0.199. The molecule has 2 N–H and O–H groups in total. The van der Waals surface area contributed by atoms with Crippen LogP contribution in [0.4, 0.5) is 0 Å². The third-order valence-electron chi connectivity index (χ3n) is 4.31. The molecule has 3 rings (SSSR count). The zero-order valence-electron chi connectivity index (χ0n) is 14.3. The minimum atomic E-state index is -0.553. The van der Waals surface area contributed by atoms with Gasteiger partial charge in [-0.2, -0.15) is 0 Å². The molecule has 1 unspecified atom stereocenters. The number of thiophene rings is 1. The first-order chi connectivity index (χ1) is 12.1. The second kappa shape index (κ2) is 8.27. The van der Waals surface area contributed by atoms with Gasteiger partial charge in [-0.15, -0.1) is 11.3 Å². The van der Waals surface area contributed by atoms with Gasteiger partial charge in [0.15, 0.2) is 0 Å². The van der Waals surface area contributed by atoms with E-state index in [1.54, 1.807) is 6.07 Å². The predicted molar refractivity (Wildman–Crippen MR) is 99.8 cm³/mol. The molecule has 25 heavy (non-hydrogen) atoms. The third-order valence-corrected chi connectivity index (χ3v) is 5.18. The molecule has 5 nitrogen and oxygen atoms in total. The second-order valence-electron chi connectivity index (χ2n) is 6.33. The lowest BCUT2D eigenvalue weighted by Crippen LogP contribution is -2.57. The number of hydrogen-bond donors (Lipinski definition) is 2. The Labute approximate surface area is 152 Å². The smallest absolute Gasteiger partial charge is 0.262 e. The lowest BCUT2D eigenvalue weighted by Gasteiger charge is -2.34. The molecule has 1 aliphatic heterocycles. The normalized spacial score (nSPS) is 18.6. The molecule has 1 aromatic heterocycles. The maximum atomic E-state index is 13.0. The molecule has 2 atom stereocenters. The van der Waals surface area contributed by atoms with Crippen molar-refractivity contribution in [1.29, 1.82) is 0 Å². The Morgan fingerprint density at radius 1 is 1.28 bits per heavy atom. The van der Waals surface area contributed by atoms with Crippen molar-refractivity contribution >= 4 is 23.2 Å². The van der Waals surface area contributed by atoms with Crippen LogP contribution >= 0.6 is 11.3 Å². The Kier molecular flexibility index (Phi) is 5.83. The summed E-state index contributed by atoms with van der Waals surface area (Å²) in [6.07, 6.45) is 0.495. The summed E-state index contributed by atoms with van der Waals surface area (Å²) >= 11 is 1.38. The number of benzene rings is 1. The number of amides is 2. The minimum Gasteiger partial charge on any atom is -0.339 e. The molecule has 2 aromatic rings. The van der Waals surface area contributed by atoms with Crippen LogP contribution in [0.2, 0.25) is 0 Å². The van der Waals surface area contributed by atoms with Crippen molar-refractivity contribution in [2.45, 2.75) is 25.4 Å². The van der Waals surface area contributed by atoms with Crippen LogP contribution in [0.25, 0.3) is 0 Å². The summed E-state index contributed by atoms with van der Waals surface area (Å²) in [5.41, 5.74) is 1.04. The van der Waals surface area contributed by atoms with E-state index in [0.29, 0.717) is 24.4 Å². The van der Waals surface area contributed by atoms with E-state index in [-0.39, 0.29) is 17.9 Å². The first kappa shape index (κ1) is 17.6. The van der Waals surface area contributed by atoms with Crippen LogP contribution in [0.1, 0.15) is 22.2 Å². The summed E-state index contributed by atoms with van der Waals surface area (Å²) in [6, 6.07) is 13.1. The van der Waals surface area contributed by atoms with Gasteiger partial charge >= 0.3 is 0 Å². The molecule has 6 heteroatoms. The monoisotopic (exact) mass is 357 g/mol. The zero-order valence-corrected chi connectivity index (χ0v) is 15.1. The summed E-state index contributed by atoms with van der Waals surface area (Å²) in [6.45, 7) is 4.18. The van der Waals surface area contributed by atoms with Gasteiger partial charge in [-0.3, -0.25) is 9.59 Å². The second-order valence-corrected chi connectivity index (χ2v) is 7.28. The average Bonchev–Trinajstić information content (AvgIpc) is 3.16. The van der Waals surface area contributed by atoms with E-state index in [1.165, 1.54) is 11.3 Å². The number of piperazine rings is 1. The molecule has 0 bridgehead atoms. The van der Waals surface area contributed by atoms with E-state index in [4.69, 9.17) is 0 Å². The number of rotatable bonds is 5. The molecule has 2 heterocycles. The SMILES string of the molecule is C[C@H]1CN(C(=O)C(Cc2ccccc2)NC(=O)c2cccs2)CCN1. The molecule has 1 aromatic carbocycles. The molecule has 1 aliphatic rings. The first-order valence-electron chi connectivity index (χ1n) is 8.54. The fraction of sp³-hybridized carbons (Fsp3) is 0.368. The van der Waals surface area contributed by atoms with Gasteiger partial charge in [-0.05, 0) is 23.9 Å². The van der Waals surface area contributed by atoms with E-state index in [0.717, 1.165) is 12.1 Å². The summed E-state index contributed by atoms with van der Waals surface area (Å²) < 4.78 is 0. The lowest BCUT2D eigenvalue weighted by molar-refractivity contribution is -0.134. The quantitative estimate of drug-likeness (QED) is 0.859. The van der Waals surface area contributed by atoms with Crippen LogP contribution in [0.5, 0.6) is 0 Å². The van der Waals surface area contributed by atoms with E-state index in [2.05, 4.69) is 17.6 Å². The van der Waals surface area contributed by atoms with Gasteiger partial charge in [0.1, 0.15) is 6.04 Å². The Balaban J connectivity index is 1.75. The van der Waals surface area contributed by atoms with E-state index in [9.17, 15) is 9.59 Å². The van der Waals surface area contributed by atoms with Crippen molar-refractivity contribution in [2.75, 3.05) is 19.6 Å². The Hall–Kier alpha value is -2.18. The molecular formula is C19H23N3O2S. The zero-order chi connectivity index (χ0) is 17.6. The standard InChI is InChI=1S/C19H23N3O2S/c1-14-13-22(10-9-20-14)19(24)16(12-15-6-3-2-4-7-15)21-18(23)17-8-5-11-25-17/h2-8,11,14,16,20H,9-10,12-13H2,1H3,(H,21,23)/t14-,16?/m0/s1. The molecule has 1 saturated heterocycles. The number of nitrogens with one attached hydrogen (secondary N) is 2. The van der Waals surface area contributed by atoms with Gasteiger partial charge in [-0.25, -0.2) is 0 Å². The molecule has 0 aliphatic carbocycles. The third kappa shape index (κ3) is 4.67. The highest BCUT2D eigenvalue weighted by molar-refractivity contribution is 7.12. The van der Waals surface area contributed by atoms with Gasteiger partial charge in [0, 0.05) is 32.1 Å². The first-order valence-corrected chi connectivity index (χ1v) is 9.42. The fourth-order valence-corrected chi connectivity index (χ4v) is 3.67. The molecule has 0 saturated carbocycles. The maximum absolute atomic E-state index is 13.0. The van der Waals surface area contributed by atoms with Gasteiger partial charge in [0.25, 0.3) is 5.91 Å². The van der Waals surface area contributed by atoms with Crippen molar-refractivity contribution in [3.05, 3.63) is 58.3 Å². The predicted octanol–water partition coefficient (Wildman–Crippen LogP) is 1.91. The van der Waals surface area contributed by atoms with E-state index < -0.39 is 6.04 Å². The molecular weight excluding hydrogens is 334 g/mol. The van der Waals surface area contributed by atoms with Crippen molar-refractivity contribution in [1.82, 2.24) is 15.5 Å². The van der Waals surface area contributed by atoms with E-state index >= 15 is 0 Å². The van der Waals surface area contributed by atoms with Gasteiger partial charge in [0.05, 0.1) is 4.88 Å². The highest BCUT2D eigenvalue weighted by Crippen LogP contribution is 2.12. The van der Waals surface area contributed by atoms with E-state index in [1.807, 2.05) is 46.7 Å². The number of hydrogen-bond acceptors (Lipinski definition) is 4. The number of nitrogens with zero attached hydrogens (tertiary/aromatic N) is 1. The molecule has 0 spiro atoms. The maximum Gasteiger partial charge on any atom is 0.262 e. The van der Waals surface area contributed by atoms with Gasteiger partial charge < -0.3 is 15.5 Å². The lowest BCUT2D eigenvalue weighted by atomic mass is 10.0. The Morgan fingerprint density at radius 2 is 2.08 bits per heavy atom. The van der Waals surface area contributed by atoms with Crippen LogP contribution in [0.3, 0.4) is 0 Å². The van der Waals surface area contributed by atoms with Crippen LogP contribution in [0, 0.1) is 0 Å². The van der Waals surface area contributed by atoms with Crippen LogP contribution in [0.15, 0.2) is 47.8 Å². The molecule has 1 fully saturated rings. The summed E-state index contributed by atoms with van der Waals surface area (Å²) in [7, 11) is 0. The molecule has 0 radical (unpaired) electrons. The highest BCUT2D eigenvalue weighted by Gasteiger charge is 2.29. The van der Waals surface area contributed by atoms with Crippen LogP contribution in [-0.4, -0.2) is 48.4 Å². The van der Waals surface area contributed by atoms with Crippen molar-refractivity contribution < 1.29 is 9.59 Å². The average molecular weight is 357 g/mol. The number of carbonyl (C=O) groups excluding carboxylic acids is 2. The van der Waals surface area contributed by atoms with Crippen LogP contribution < -0.4 is 10.6 Å². The van der Waals surface area contributed by atoms with Crippen molar-refractivity contribution in [3.63, 3.8) is 0 Å². The van der Waals surface area contributed by atoms with Gasteiger partial charge in [-0.1, -0.05) is 36.4 Å². The van der Waals surface area contributed by atoms with Crippen molar-refractivity contribution in [2.24, 2.45) is 0 Å². The van der Waals surface area contributed by atoms with Gasteiger partial charge in [0.2, 0.25) is 5.91 Å². The largest absolute Gasteiger partial charge is 0.339 e. The minimum absolute atomic E-state index is 0.0119. The Bertz CT molecular complexity index is 703. The summed E-state index contributed by atoms with van der Waals surface area (Å²) in [5, 5.41) is 8.14. The molecule has 2 amide bonds. The topological polar surface area (TPSA) is 61.4 Å². The van der Waals surface area contributed by atoms with Crippen LogP contribution in [-0.2, 0) is 11.2 Å². The highest BCUT2D eigenvalue weighted by atomic mass is 32.1. The number of carbonyl (C=O) groups is 2. The fourth-order valence-electron chi connectivity index (χ4n) is 3.04. The Morgan fingerprint density at radius 3 is 2.76 bits per heavy atom. The summed E-state index contributed by atoms with van der Waals surface area (Å²) in [4.78, 5) is 28.0.